The van der Waals surface area contributed by atoms with Crippen LogP contribution in [0.3, 0.4) is 0 Å². The second-order valence-corrected chi connectivity index (χ2v) is 11.2. The minimum atomic E-state index is -3.61. The zero-order valence-electron chi connectivity index (χ0n) is 16.1. The van der Waals surface area contributed by atoms with Crippen LogP contribution >= 0.6 is 0 Å². The van der Waals surface area contributed by atoms with Crippen LogP contribution in [0, 0.1) is 0 Å². The summed E-state index contributed by atoms with van der Waals surface area (Å²) in [5.41, 5.74) is 0.392. The minimum absolute atomic E-state index is 0.0166. The average Bonchev–Trinajstić information content (AvgIpc) is 3.15. The molecule has 0 unspecified atom stereocenters. The summed E-state index contributed by atoms with van der Waals surface area (Å²) in [6.45, 7) is 2.37. The first-order valence-electron chi connectivity index (χ1n) is 9.22. The molecule has 0 spiro atoms. The second kappa shape index (κ2) is 8.26. The molecule has 1 atom stereocenters. The van der Waals surface area contributed by atoms with Gasteiger partial charge in [-0.1, -0.05) is 6.42 Å². The number of nitrogens with one attached hydrogen (secondary N) is 1. The fourth-order valence-corrected chi connectivity index (χ4v) is 5.12. The van der Waals surface area contributed by atoms with Gasteiger partial charge in [-0.3, -0.25) is 4.90 Å². The molecule has 1 fully saturated rings. The normalized spacial score (nSPS) is 17.4. The molecule has 3 rings (SSSR count). The van der Waals surface area contributed by atoms with Crippen LogP contribution in [0.2, 0.25) is 0 Å². The van der Waals surface area contributed by atoms with E-state index in [1.54, 1.807) is 6.26 Å². The number of sulfone groups is 2. The Kier molecular flexibility index (Phi) is 6.16. The number of nitrogens with zero attached hydrogens (tertiary/aromatic N) is 1. The molecule has 7 nitrogen and oxygen atoms in total. The number of benzene rings is 1. The lowest BCUT2D eigenvalue weighted by molar-refractivity contribution is 0.153. The SMILES string of the molecule is CS(=O)(=O)c1ccc(NC[C@@H](c2ccco2)N2CCCCC2)c(S(C)(=O)=O)c1. The largest absolute Gasteiger partial charge is 0.468 e. The van der Waals surface area contributed by atoms with Crippen LogP contribution in [-0.4, -0.2) is 53.9 Å². The highest BCUT2D eigenvalue weighted by Crippen LogP contribution is 2.29. The molecule has 28 heavy (non-hydrogen) atoms. The molecule has 2 aromatic rings. The van der Waals surface area contributed by atoms with Crippen molar-refractivity contribution in [3.8, 4) is 0 Å². The molecule has 1 N–H and O–H groups in total. The van der Waals surface area contributed by atoms with Gasteiger partial charge in [0.2, 0.25) is 0 Å². The third-order valence-electron chi connectivity index (χ3n) is 4.97. The van der Waals surface area contributed by atoms with Crippen LogP contribution in [0.15, 0.2) is 50.8 Å². The zero-order valence-corrected chi connectivity index (χ0v) is 17.7. The topological polar surface area (TPSA) is 96.7 Å². The van der Waals surface area contributed by atoms with Gasteiger partial charge in [0.25, 0.3) is 0 Å². The van der Waals surface area contributed by atoms with Crippen molar-refractivity contribution in [1.82, 2.24) is 4.90 Å². The molecular weight excluding hydrogens is 400 g/mol. The van der Waals surface area contributed by atoms with Crippen LogP contribution in [-0.2, 0) is 19.7 Å². The van der Waals surface area contributed by atoms with E-state index in [9.17, 15) is 16.8 Å². The Bertz CT molecular complexity index is 1010. The second-order valence-electron chi connectivity index (χ2n) is 7.21. The van der Waals surface area contributed by atoms with Crippen LogP contribution in [0.4, 0.5) is 5.69 Å². The maximum atomic E-state index is 12.2. The van der Waals surface area contributed by atoms with Crippen molar-refractivity contribution in [2.75, 3.05) is 37.5 Å². The summed E-state index contributed by atoms with van der Waals surface area (Å²) in [4.78, 5) is 2.30. The molecule has 0 aliphatic carbocycles. The lowest BCUT2D eigenvalue weighted by atomic mass is 10.1. The fourth-order valence-electron chi connectivity index (χ4n) is 3.51. The average molecular weight is 427 g/mol. The van der Waals surface area contributed by atoms with E-state index in [1.165, 1.54) is 24.6 Å². The quantitative estimate of drug-likeness (QED) is 0.727. The van der Waals surface area contributed by atoms with Gasteiger partial charge < -0.3 is 9.73 Å². The number of likely N-dealkylation sites (tertiary alicyclic amines) is 1. The van der Waals surface area contributed by atoms with E-state index in [-0.39, 0.29) is 15.8 Å². The van der Waals surface area contributed by atoms with E-state index in [0.29, 0.717) is 12.2 Å². The predicted octanol–water partition coefficient (Wildman–Crippen LogP) is 2.73. The molecule has 0 saturated carbocycles. The number of furan rings is 1. The first-order chi connectivity index (χ1) is 13.2. The number of hydrogen-bond donors (Lipinski definition) is 1. The highest BCUT2D eigenvalue weighted by Gasteiger charge is 2.25. The highest BCUT2D eigenvalue weighted by atomic mass is 32.2. The first-order valence-corrected chi connectivity index (χ1v) is 13.0. The molecule has 1 aliphatic heterocycles. The number of anilines is 1. The molecule has 1 aromatic carbocycles. The molecular formula is C19H26N2O5S2. The van der Waals surface area contributed by atoms with Gasteiger partial charge in [0.05, 0.1) is 27.8 Å². The molecule has 1 aromatic heterocycles. The van der Waals surface area contributed by atoms with Crippen molar-refractivity contribution in [3.05, 3.63) is 42.4 Å². The van der Waals surface area contributed by atoms with Gasteiger partial charge in [-0.05, 0) is 56.3 Å². The van der Waals surface area contributed by atoms with Crippen molar-refractivity contribution < 1.29 is 21.3 Å². The number of piperidine rings is 1. The van der Waals surface area contributed by atoms with Gasteiger partial charge in [0, 0.05) is 19.1 Å². The third-order valence-corrected chi connectivity index (χ3v) is 7.22. The maximum absolute atomic E-state index is 12.2. The van der Waals surface area contributed by atoms with Gasteiger partial charge in [-0.15, -0.1) is 0 Å². The van der Waals surface area contributed by atoms with Crippen molar-refractivity contribution in [2.45, 2.75) is 35.1 Å². The zero-order chi connectivity index (χ0) is 20.4. The smallest absolute Gasteiger partial charge is 0.177 e. The van der Waals surface area contributed by atoms with Gasteiger partial charge >= 0.3 is 0 Å². The van der Waals surface area contributed by atoms with Gasteiger partial charge in [-0.2, -0.15) is 0 Å². The molecule has 9 heteroatoms. The Labute approximate surface area is 166 Å². The summed E-state index contributed by atoms with van der Waals surface area (Å²) >= 11 is 0. The summed E-state index contributed by atoms with van der Waals surface area (Å²) in [7, 11) is -7.11. The fraction of sp³-hybridized carbons (Fsp3) is 0.474. The first kappa shape index (κ1) is 20.9. The number of rotatable bonds is 7. The molecule has 0 radical (unpaired) electrons. The Morgan fingerprint density at radius 1 is 1.04 bits per heavy atom. The maximum Gasteiger partial charge on any atom is 0.177 e. The Morgan fingerprint density at radius 2 is 1.75 bits per heavy atom. The Balaban J connectivity index is 1.89. The van der Waals surface area contributed by atoms with Crippen LogP contribution in [0.5, 0.6) is 0 Å². The lowest BCUT2D eigenvalue weighted by Gasteiger charge is -2.33. The molecule has 2 heterocycles. The van der Waals surface area contributed by atoms with E-state index in [2.05, 4.69) is 10.2 Å². The predicted molar refractivity (Wildman–Crippen MR) is 108 cm³/mol. The summed E-state index contributed by atoms with van der Waals surface area (Å²) < 4.78 is 53.7. The monoisotopic (exact) mass is 426 g/mol. The van der Waals surface area contributed by atoms with Gasteiger partial charge in [-0.25, -0.2) is 16.8 Å². The lowest BCUT2D eigenvalue weighted by Crippen LogP contribution is -2.37. The van der Waals surface area contributed by atoms with Crippen molar-refractivity contribution in [3.63, 3.8) is 0 Å². The summed E-state index contributed by atoms with van der Waals surface area (Å²) in [5, 5.41) is 3.21. The van der Waals surface area contributed by atoms with Crippen molar-refractivity contribution in [2.24, 2.45) is 0 Å². The summed E-state index contributed by atoms with van der Waals surface area (Å²) in [6.07, 6.45) is 7.22. The van der Waals surface area contributed by atoms with Gasteiger partial charge in [0.1, 0.15) is 5.76 Å². The van der Waals surface area contributed by atoms with E-state index < -0.39 is 19.7 Å². The highest BCUT2D eigenvalue weighted by molar-refractivity contribution is 7.91. The molecule has 1 aliphatic rings. The number of hydrogen-bond acceptors (Lipinski definition) is 7. The van der Waals surface area contributed by atoms with Gasteiger partial charge in [0.15, 0.2) is 19.7 Å². The van der Waals surface area contributed by atoms with Crippen LogP contribution in [0.25, 0.3) is 0 Å². The molecule has 154 valence electrons. The molecule has 0 bridgehead atoms. The Morgan fingerprint density at radius 3 is 2.32 bits per heavy atom. The third kappa shape index (κ3) is 4.95. The summed E-state index contributed by atoms with van der Waals surface area (Å²) in [5.74, 6) is 0.822. The molecule has 0 amide bonds. The summed E-state index contributed by atoms with van der Waals surface area (Å²) in [6, 6.07) is 7.89. The van der Waals surface area contributed by atoms with E-state index in [4.69, 9.17) is 4.42 Å². The van der Waals surface area contributed by atoms with E-state index >= 15 is 0 Å². The minimum Gasteiger partial charge on any atom is -0.468 e. The van der Waals surface area contributed by atoms with Crippen LogP contribution < -0.4 is 5.32 Å². The van der Waals surface area contributed by atoms with Crippen LogP contribution in [0.1, 0.15) is 31.1 Å². The van der Waals surface area contributed by atoms with E-state index in [0.717, 1.165) is 44.2 Å². The van der Waals surface area contributed by atoms with Crippen molar-refractivity contribution >= 4 is 25.4 Å². The standard InChI is InChI=1S/C19H26N2O5S2/c1-27(22,23)15-8-9-16(19(13-15)28(2,24)25)20-14-17(18-7-6-12-26-18)21-10-4-3-5-11-21/h6-9,12-13,17,20H,3-5,10-11,14H2,1-2H3/t17-/m0/s1. The Hall–Kier alpha value is -1.84. The molecule has 1 saturated heterocycles. The van der Waals surface area contributed by atoms with E-state index in [1.807, 2.05) is 12.1 Å². The van der Waals surface area contributed by atoms with Crippen molar-refractivity contribution in [1.29, 1.82) is 0 Å².